The second-order valence-corrected chi connectivity index (χ2v) is 4.51. The second kappa shape index (κ2) is 6.82. The summed E-state index contributed by atoms with van der Waals surface area (Å²) in [5.74, 6) is 1.20. The van der Waals surface area contributed by atoms with Crippen molar-refractivity contribution >= 4 is 17.8 Å². The fraction of sp³-hybridized carbons (Fsp3) is 0.133. The Morgan fingerprint density at radius 2 is 1.90 bits per heavy atom. The first-order valence-corrected chi connectivity index (χ1v) is 6.33. The third kappa shape index (κ3) is 3.65. The van der Waals surface area contributed by atoms with E-state index in [4.69, 9.17) is 26.3 Å². The Kier molecular flexibility index (Phi) is 4.85. The Hall–Kier alpha value is -2.20. The zero-order chi connectivity index (χ0) is 14.4. The highest BCUT2D eigenvalue weighted by Crippen LogP contribution is 2.28. The van der Waals surface area contributed by atoms with E-state index >= 15 is 0 Å². The van der Waals surface area contributed by atoms with E-state index in [-0.39, 0.29) is 0 Å². The Balaban J connectivity index is 2.14. The van der Waals surface area contributed by atoms with Crippen molar-refractivity contribution in [3.63, 3.8) is 0 Å². The molecule has 0 radical (unpaired) electrons. The summed E-state index contributed by atoms with van der Waals surface area (Å²) >= 11 is 5.83. The molecular weight excluding hydrogens is 278 g/mol. The molecule has 4 nitrogen and oxygen atoms in total. The van der Waals surface area contributed by atoms with Crippen molar-refractivity contribution in [2.45, 2.75) is 6.61 Å². The zero-order valence-electron chi connectivity index (χ0n) is 10.9. The molecular formula is C15H14ClNO3. The molecule has 2 aromatic rings. The van der Waals surface area contributed by atoms with Gasteiger partial charge in [-0.1, -0.05) is 28.9 Å². The van der Waals surface area contributed by atoms with E-state index in [1.165, 1.54) is 6.21 Å². The smallest absolute Gasteiger partial charge is 0.162 e. The molecule has 5 heteroatoms. The largest absolute Gasteiger partial charge is 0.493 e. The minimum Gasteiger partial charge on any atom is -0.493 e. The SMILES string of the molecule is COc1ccc(/C=N/O)cc1OCc1ccc(Cl)cc1. The van der Waals surface area contributed by atoms with Gasteiger partial charge in [0, 0.05) is 10.6 Å². The van der Waals surface area contributed by atoms with Crippen molar-refractivity contribution < 1.29 is 14.7 Å². The average molecular weight is 292 g/mol. The van der Waals surface area contributed by atoms with Crippen molar-refractivity contribution in [1.82, 2.24) is 0 Å². The third-order valence-corrected chi connectivity index (χ3v) is 2.95. The average Bonchev–Trinajstić information content (AvgIpc) is 2.47. The summed E-state index contributed by atoms with van der Waals surface area (Å²) in [6.07, 6.45) is 1.33. The highest BCUT2D eigenvalue weighted by Gasteiger charge is 2.05. The van der Waals surface area contributed by atoms with E-state index in [1.807, 2.05) is 24.3 Å². The maximum atomic E-state index is 8.56. The van der Waals surface area contributed by atoms with Gasteiger partial charge in [0.2, 0.25) is 0 Å². The molecule has 0 aliphatic heterocycles. The first-order valence-electron chi connectivity index (χ1n) is 5.95. The fourth-order valence-corrected chi connectivity index (χ4v) is 1.82. The van der Waals surface area contributed by atoms with Crippen molar-refractivity contribution in [3.05, 3.63) is 58.6 Å². The van der Waals surface area contributed by atoms with Crippen LogP contribution in [0.4, 0.5) is 0 Å². The van der Waals surface area contributed by atoms with Crippen molar-refractivity contribution in [3.8, 4) is 11.5 Å². The summed E-state index contributed by atoms with van der Waals surface area (Å²) in [5.41, 5.74) is 1.72. The highest BCUT2D eigenvalue weighted by molar-refractivity contribution is 6.30. The Morgan fingerprint density at radius 1 is 1.15 bits per heavy atom. The van der Waals surface area contributed by atoms with Gasteiger partial charge in [-0.25, -0.2) is 0 Å². The van der Waals surface area contributed by atoms with Crippen LogP contribution in [0, 0.1) is 0 Å². The summed E-state index contributed by atoms with van der Waals surface area (Å²) in [6.45, 7) is 0.396. The van der Waals surface area contributed by atoms with Gasteiger partial charge in [-0.3, -0.25) is 0 Å². The molecule has 0 saturated heterocycles. The zero-order valence-corrected chi connectivity index (χ0v) is 11.7. The highest BCUT2D eigenvalue weighted by atomic mass is 35.5. The Bertz CT molecular complexity index is 597. The Morgan fingerprint density at radius 3 is 2.55 bits per heavy atom. The van der Waals surface area contributed by atoms with Crippen LogP contribution in [0.1, 0.15) is 11.1 Å². The van der Waals surface area contributed by atoms with Crippen LogP contribution < -0.4 is 9.47 Å². The van der Waals surface area contributed by atoms with E-state index in [9.17, 15) is 0 Å². The molecule has 0 unspecified atom stereocenters. The van der Waals surface area contributed by atoms with E-state index in [2.05, 4.69) is 5.16 Å². The van der Waals surface area contributed by atoms with E-state index in [0.717, 1.165) is 11.1 Å². The number of halogens is 1. The summed E-state index contributed by atoms with van der Waals surface area (Å²) < 4.78 is 11.0. The quantitative estimate of drug-likeness (QED) is 0.519. The van der Waals surface area contributed by atoms with Gasteiger partial charge in [0.15, 0.2) is 11.5 Å². The first kappa shape index (κ1) is 14.2. The maximum Gasteiger partial charge on any atom is 0.162 e. The van der Waals surface area contributed by atoms with Gasteiger partial charge in [0.05, 0.1) is 13.3 Å². The lowest BCUT2D eigenvalue weighted by Gasteiger charge is -2.11. The molecule has 0 aromatic heterocycles. The van der Waals surface area contributed by atoms with Gasteiger partial charge in [-0.15, -0.1) is 0 Å². The van der Waals surface area contributed by atoms with Crippen LogP contribution in [0.3, 0.4) is 0 Å². The van der Waals surface area contributed by atoms with Crippen LogP contribution >= 0.6 is 11.6 Å². The predicted molar refractivity (Wildman–Crippen MR) is 78.2 cm³/mol. The lowest BCUT2D eigenvalue weighted by molar-refractivity contribution is 0.284. The molecule has 0 bridgehead atoms. The molecule has 0 atom stereocenters. The molecule has 0 heterocycles. The first-order chi connectivity index (χ1) is 9.72. The van der Waals surface area contributed by atoms with Crippen LogP contribution in [-0.2, 0) is 6.61 Å². The van der Waals surface area contributed by atoms with Crippen LogP contribution in [0.25, 0.3) is 0 Å². The number of rotatable bonds is 5. The van der Waals surface area contributed by atoms with Crippen molar-refractivity contribution in [1.29, 1.82) is 0 Å². The van der Waals surface area contributed by atoms with Crippen LogP contribution in [0.2, 0.25) is 5.02 Å². The van der Waals surface area contributed by atoms with Gasteiger partial charge < -0.3 is 14.7 Å². The minimum atomic E-state index is 0.396. The number of nitrogens with zero attached hydrogens (tertiary/aromatic N) is 1. The summed E-state index contributed by atoms with van der Waals surface area (Å²) in [5, 5.41) is 12.2. The molecule has 0 fully saturated rings. The predicted octanol–water partition coefficient (Wildman–Crippen LogP) is 3.74. The van der Waals surface area contributed by atoms with E-state index in [0.29, 0.717) is 23.1 Å². The molecule has 0 aliphatic carbocycles. The number of hydrogen-bond donors (Lipinski definition) is 1. The van der Waals surface area contributed by atoms with Crippen molar-refractivity contribution in [2.75, 3.05) is 7.11 Å². The van der Waals surface area contributed by atoms with Gasteiger partial charge in [-0.05, 0) is 35.9 Å². The minimum absolute atomic E-state index is 0.396. The number of hydrogen-bond acceptors (Lipinski definition) is 4. The summed E-state index contributed by atoms with van der Waals surface area (Å²) in [4.78, 5) is 0. The number of oxime groups is 1. The molecule has 0 amide bonds. The molecule has 0 aliphatic rings. The fourth-order valence-electron chi connectivity index (χ4n) is 1.69. The lowest BCUT2D eigenvalue weighted by atomic mass is 10.2. The normalized spacial score (nSPS) is 10.7. The molecule has 2 rings (SSSR count). The maximum absolute atomic E-state index is 8.56. The summed E-state index contributed by atoms with van der Waals surface area (Å²) in [6, 6.07) is 12.7. The topological polar surface area (TPSA) is 51.0 Å². The molecule has 20 heavy (non-hydrogen) atoms. The molecule has 1 N–H and O–H groups in total. The third-order valence-electron chi connectivity index (χ3n) is 2.70. The lowest BCUT2D eigenvalue weighted by Crippen LogP contribution is -1.98. The van der Waals surface area contributed by atoms with E-state index < -0.39 is 0 Å². The van der Waals surface area contributed by atoms with E-state index in [1.54, 1.807) is 25.3 Å². The monoisotopic (exact) mass is 291 g/mol. The van der Waals surface area contributed by atoms with Crippen LogP contribution in [0.5, 0.6) is 11.5 Å². The van der Waals surface area contributed by atoms with Gasteiger partial charge in [0.25, 0.3) is 0 Å². The molecule has 104 valence electrons. The molecule has 0 saturated carbocycles. The molecule has 2 aromatic carbocycles. The summed E-state index contributed by atoms with van der Waals surface area (Å²) in [7, 11) is 1.57. The van der Waals surface area contributed by atoms with Gasteiger partial charge in [-0.2, -0.15) is 0 Å². The number of methoxy groups -OCH3 is 1. The van der Waals surface area contributed by atoms with Crippen molar-refractivity contribution in [2.24, 2.45) is 5.16 Å². The Labute approximate surface area is 122 Å². The van der Waals surface area contributed by atoms with Crippen LogP contribution in [0.15, 0.2) is 47.6 Å². The number of ether oxygens (including phenoxy) is 2. The van der Waals surface area contributed by atoms with Crippen LogP contribution in [-0.4, -0.2) is 18.5 Å². The second-order valence-electron chi connectivity index (χ2n) is 4.07. The van der Waals surface area contributed by atoms with Gasteiger partial charge >= 0.3 is 0 Å². The van der Waals surface area contributed by atoms with Gasteiger partial charge in [0.1, 0.15) is 6.61 Å². The molecule has 0 spiro atoms. The standard InChI is InChI=1S/C15H14ClNO3/c1-19-14-7-4-12(9-17-18)8-15(14)20-10-11-2-5-13(16)6-3-11/h2-9,18H,10H2,1H3/b17-9+. The number of benzene rings is 2.